The van der Waals surface area contributed by atoms with E-state index in [1.54, 1.807) is 70.4 Å². The zero-order valence-corrected chi connectivity index (χ0v) is 58.5. The molecular weight excluding hydrogens is 1310 g/mol. The van der Waals surface area contributed by atoms with Crippen LogP contribution in [-0.4, -0.2) is 4.21 Å². The molecule has 1 aliphatic heterocycles. The Bertz CT molecular complexity index is 4170. The summed E-state index contributed by atoms with van der Waals surface area (Å²) >= 11 is 10.8. The lowest BCUT2D eigenvalue weighted by atomic mass is 10.0. The Morgan fingerprint density at radius 2 is 0.663 bits per heavy atom. The number of benzene rings is 5. The predicted molar refractivity (Wildman–Crippen MR) is 393 cm³/mol. The van der Waals surface area contributed by atoms with Crippen LogP contribution in [-0.2, 0) is 48.5 Å². The van der Waals surface area contributed by atoms with E-state index in [9.17, 15) is 4.21 Å². The normalized spacial score (nSPS) is 11.5. The summed E-state index contributed by atoms with van der Waals surface area (Å²) in [4.78, 5) is 11.4. The zero-order chi connectivity index (χ0) is 64.5. The first-order valence-electron chi connectivity index (χ1n) is 31.4. The summed E-state index contributed by atoms with van der Waals surface area (Å²) in [5, 5.41) is 0. The fourth-order valence-electron chi connectivity index (χ4n) is 10.8. The van der Waals surface area contributed by atoms with Crippen molar-refractivity contribution < 1.29 is 21.8 Å². The van der Waals surface area contributed by atoms with E-state index in [2.05, 4.69) is 65.0 Å². The van der Waals surface area contributed by atoms with Crippen LogP contribution in [0.15, 0.2) is 165 Å². The number of nitrogens with zero attached hydrogens (tertiary/aromatic N) is 3. The van der Waals surface area contributed by atoms with Gasteiger partial charge in [0, 0.05) is 61.3 Å². The second kappa shape index (κ2) is 33.4. The Kier molecular flexibility index (Phi) is 24.7. The summed E-state index contributed by atoms with van der Waals surface area (Å²) < 4.78 is 82.9. The van der Waals surface area contributed by atoms with E-state index in [1.807, 2.05) is 91.0 Å². The molecule has 11 aromatic rings. The SMILES string of the molecule is CCCCCc1ccc(-c2ccc(-c3sc(-c4ccc(-c5ccc(CCCCC)cc5F)s4)c(N)c3N)s2)c(F)c1.CCCCCc1ccc(-c2ccc(-c3sc(-c4ccc(-c5ccc(CCCCC)cc5F)s4)c4c3N=S=N4)s2)c(F)c1.O=S=Nc1ccccc1. The number of hydrogen-bond donors (Lipinski definition) is 2. The molecule has 1 aliphatic rings. The third-order valence-electron chi connectivity index (χ3n) is 15.8. The van der Waals surface area contributed by atoms with Crippen molar-refractivity contribution in [2.45, 2.75) is 130 Å². The fraction of sp³-hybridized carbons (Fsp3) is 0.270. The Labute approximate surface area is 569 Å². The third-order valence-corrected chi connectivity index (χ3v) is 24.2. The van der Waals surface area contributed by atoms with Crippen LogP contribution < -0.4 is 11.5 Å². The van der Waals surface area contributed by atoms with Crippen molar-refractivity contribution >= 4 is 119 Å². The van der Waals surface area contributed by atoms with Gasteiger partial charge in [-0.3, -0.25) is 0 Å². The quantitative estimate of drug-likeness (QED) is 0.0440. The van der Waals surface area contributed by atoms with Crippen LogP contribution in [0, 0.1) is 23.3 Å². The molecule has 0 bridgehead atoms. The summed E-state index contributed by atoms with van der Waals surface area (Å²) in [5.74, 6) is -0.729. The van der Waals surface area contributed by atoms with E-state index < -0.39 is 0 Å². The maximum atomic E-state index is 15.1. The highest BCUT2D eigenvalue weighted by molar-refractivity contribution is 7.58. The smallest absolute Gasteiger partial charge is 0.205 e. The minimum atomic E-state index is -0.195. The van der Waals surface area contributed by atoms with E-state index in [1.165, 1.54) is 45.4 Å². The van der Waals surface area contributed by atoms with E-state index in [0.29, 0.717) is 33.6 Å². The summed E-state index contributed by atoms with van der Waals surface area (Å²) in [6, 6.07) is 47.6. The number of anilines is 2. The van der Waals surface area contributed by atoms with Gasteiger partial charge >= 0.3 is 0 Å². The van der Waals surface area contributed by atoms with E-state index in [0.717, 1.165) is 201 Å². The minimum absolute atomic E-state index is 0.169. The van der Waals surface area contributed by atoms with Gasteiger partial charge in [-0.2, -0.15) is 17.3 Å². The molecule has 0 fully saturated rings. The number of fused-ring (bicyclic) bond motifs is 1. The number of hydrogen-bond acceptors (Lipinski definition) is 12. The highest BCUT2D eigenvalue weighted by Gasteiger charge is 2.26. The van der Waals surface area contributed by atoms with Crippen LogP contribution in [0.5, 0.6) is 0 Å². The highest BCUT2D eigenvalue weighted by Crippen LogP contribution is 2.57. The van der Waals surface area contributed by atoms with Crippen molar-refractivity contribution in [3.63, 3.8) is 0 Å². The lowest BCUT2D eigenvalue weighted by Gasteiger charge is -2.05. The van der Waals surface area contributed by atoms with Gasteiger partial charge in [0.05, 0.1) is 47.9 Å². The van der Waals surface area contributed by atoms with Crippen LogP contribution in [0.4, 0.5) is 46.0 Å². The molecule has 7 heterocycles. The molecule has 0 atom stereocenters. The fourth-order valence-corrected chi connectivity index (χ4v) is 18.6. The summed E-state index contributed by atoms with van der Waals surface area (Å²) in [6.45, 7) is 8.69. The van der Waals surface area contributed by atoms with Crippen LogP contribution >= 0.6 is 68.0 Å². The molecule has 18 heteroatoms. The maximum absolute atomic E-state index is 15.1. The largest absolute Gasteiger partial charge is 0.396 e. The molecular formula is C74H73F4N5OS8. The molecule has 0 radical (unpaired) electrons. The summed E-state index contributed by atoms with van der Waals surface area (Å²) in [5.41, 5.74) is 23.2. The van der Waals surface area contributed by atoms with Gasteiger partial charge in [0.2, 0.25) is 11.5 Å². The average molecular weight is 1380 g/mol. The zero-order valence-electron chi connectivity index (χ0n) is 51.9. The van der Waals surface area contributed by atoms with E-state index >= 15 is 17.6 Å². The molecule has 0 saturated carbocycles. The van der Waals surface area contributed by atoms with Gasteiger partial charge in [-0.1, -0.05) is 146 Å². The first kappa shape index (κ1) is 68.1. The number of nitrogens with two attached hydrogens (primary N) is 2. The van der Waals surface area contributed by atoms with Crippen LogP contribution in [0.2, 0.25) is 0 Å². The van der Waals surface area contributed by atoms with Gasteiger partial charge in [-0.15, -0.1) is 68.0 Å². The molecule has 4 N–H and O–H groups in total. The molecule has 12 rings (SSSR count). The highest BCUT2D eigenvalue weighted by atomic mass is 32.1. The molecule has 5 aromatic carbocycles. The second-order valence-corrected chi connectivity index (χ2v) is 29.8. The molecule has 0 amide bonds. The number of rotatable bonds is 25. The minimum Gasteiger partial charge on any atom is -0.396 e. The molecule has 0 aliphatic carbocycles. The molecule has 476 valence electrons. The monoisotopic (exact) mass is 1380 g/mol. The maximum Gasteiger partial charge on any atom is 0.205 e. The number of unbranched alkanes of at least 4 members (excludes halogenated alkanes) is 8. The van der Waals surface area contributed by atoms with Crippen molar-refractivity contribution in [3.8, 4) is 80.8 Å². The molecule has 0 saturated heterocycles. The number of halogens is 4. The number of thiophene rings is 6. The van der Waals surface area contributed by atoms with Crippen molar-refractivity contribution in [1.29, 1.82) is 0 Å². The van der Waals surface area contributed by atoms with Crippen LogP contribution in [0.25, 0.3) is 80.8 Å². The Morgan fingerprint density at radius 3 is 0.957 bits per heavy atom. The van der Waals surface area contributed by atoms with Crippen LogP contribution in [0.1, 0.15) is 127 Å². The third kappa shape index (κ3) is 17.0. The Balaban J connectivity index is 0.000000177. The average Bonchev–Trinajstić information content (AvgIpc) is 1.62. The van der Waals surface area contributed by atoms with Crippen molar-refractivity contribution in [3.05, 3.63) is 197 Å². The molecule has 0 spiro atoms. The van der Waals surface area contributed by atoms with Gasteiger partial charge in [-0.25, -0.2) is 17.6 Å². The second-order valence-electron chi connectivity index (χ2n) is 22.6. The van der Waals surface area contributed by atoms with Gasteiger partial charge < -0.3 is 11.5 Å². The Hall–Kier alpha value is -6.74. The van der Waals surface area contributed by atoms with Gasteiger partial charge in [0.25, 0.3) is 0 Å². The molecule has 6 nitrogen and oxygen atoms in total. The Morgan fingerprint density at radius 1 is 0.370 bits per heavy atom. The van der Waals surface area contributed by atoms with Gasteiger partial charge in [0.15, 0.2) is 0 Å². The lowest BCUT2D eigenvalue weighted by molar-refractivity contribution is 0.626. The molecule has 0 unspecified atom stereocenters. The van der Waals surface area contributed by atoms with Crippen molar-refractivity contribution in [2.75, 3.05) is 11.5 Å². The van der Waals surface area contributed by atoms with Crippen molar-refractivity contribution in [2.24, 2.45) is 13.1 Å². The summed E-state index contributed by atoms with van der Waals surface area (Å²) in [7, 11) is 0. The predicted octanol–water partition coefficient (Wildman–Crippen LogP) is 26.2. The summed E-state index contributed by atoms with van der Waals surface area (Å²) in [6.07, 6.45) is 17.2. The number of nitrogen functional groups attached to an aromatic ring is 2. The van der Waals surface area contributed by atoms with Gasteiger partial charge in [0.1, 0.15) is 34.6 Å². The first-order chi connectivity index (χ1) is 44.9. The number of aryl methyl sites for hydroxylation is 4. The first-order valence-corrected chi connectivity index (χ1v) is 37.7. The van der Waals surface area contributed by atoms with Crippen molar-refractivity contribution in [1.82, 2.24) is 0 Å². The molecule has 6 aromatic heterocycles. The topological polar surface area (TPSA) is 106 Å². The van der Waals surface area contributed by atoms with E-state index in [4.69, 9.17) is 11.5 Å². The molecule has 92 heavy (non-hydrogen) atoms. The lowest BCUT2D eigenvalue weighted by Crippen LogP contribution is -1.92. The van der Waals surface area contributed by atoms with E-state index in [-0.39, 0.29) is 34.7 Å². The standard InChI is InChI=1S/C34H32F2N2S4.C34H36F2N2S3.C6H5NOS/c1-3-5-7-9-21-11-13-23(25(35)19-21)27-15-17-29(39-27)33-31-32(38-42-37-31)34(41-33)30-18-16-28(40-30)24-14-12-22(20-26(24)36)10-8-6-4-2;1-3-5-7-9-21-11-13-23(25(35)19-21)27-15-17-29(39-27)33-31(37)32(38)34(41-33)30-18-16-28(40-30)24-14-12-22(20-26(24)36)10-8-6-4-2;8-9-7-6-4-2-1-3-5-6/h11-20H,3-10H2,1-2H3;11-20H,3-10,37-38H2,1-2H3;1-5H. The van der Waals surface area contributed by atoms with Gasteiger partial charge in [-0.05, 0) is 159 Å². The van der Waals surface area contributed by atoms with Crippen LogP contribution in [0.3, 0.4) is 0 Å².